The molecule has 18 heavy (non-hydrogen) atoms. The predicted molar refractivity (Wildman–Crippen MR) is 78.6 cm³/mol. The first-order chi connectivity index (χ1) is 8.33. The summed E-state index contributed by atoms with van der Waals surface area (Å²) in [7, 11) is 0. The third kappa shape index (κ3) is 2.57. The number of hydrogen-bond donors (Lipinski definition) is 2. The summed E-state index contributed by atoms with van der Waals surface area (Å²) in [6.07, 6.45) is 3.07. The molecule has 0 amide bonds. The van der Waals surface area contributed by atoms with Crippen molar-refractivity contribution in [2.45, 2.75) is 19.4 Å². The highest BCUT2D eigenvalue weighted by molar-refractivity contribution is 5.91. The molecule has 2 aromatic rings. The lowest BCUT2D eigenvalue weighted by Gasteiger charge is -2.15. The number of halogens is 1. The lowest BCUT2D eigenvalue weighted by molar-refractivity contribution is 0.794. The maximum Gasteiger partial charge on any atom is 0.0722 e. The second kappa shape index (κ2) is 5.55. The Morgan fingerprint density at radius 1 is 1.33 bits per heavy atom. The van der Waals surface area contributed by atoms with Gasteiger partial charge in [-0.2, -0.15) is 0 Å². The zero-order chi connectivity index (χ0) is 11.7. The standard InChI is InChI=1S/C14H17N3.ClH/c1-10-2-3-13-12(8-10)14(5-7-16-13)17-11-4-6-15-9-11;/h2-3,5,7-8,11,15H,4,6,9H2,1H3,(H,16,17);1H. The number of nitrogens with one attached hydrogen (secondary N) is 2. The highest BCUT2D eigenvalue weighted by atomic mass is 35.5. The second-order valence-electron chi connectivity index (χ2n) is 4.71. The van der Waals surface area contributed by atoms with Crippen molar-refractivity contribution < 1.29 is 0 Å². The normalized spacial score (nSPS) is 18.6. The number of benzene rings is 1. The van der Waals surface area contributed by atoms with Gasteiger partial charge in [-0.25, -0.2) is 0 Å². The van der Waals surface area contributed by atoms with E-state index in [-0.39, 0.29) is 12.4 Å². The number of fused-ring (bicyclic) bond motifs is 1. The van der Waals surface area contributed by atoms with Crippen LogP contribution in [0, 0.1) is 6.92 Å². The van der Waals surface area contributed by atoms with E-state index in [0.29, 0.717) is 6.04 Å². The fourth-order valence-electron chi connectivity index (χ4n) is 2.38. The molecule has 0 bridgehead atoms. The summed E-state index contributed by atoms with van der Waals surface area (Å²) < 4.78 is 0. The molecule has 1 aliphatic rings. The summed E-state index contributed by atoms with van der Waals surface area (Å²) in [4.78, 5) is 4.40. The molecule has 0 radical (unpaired) electrons. The lowest BCUT2D eigenvalue weighted by atomic mass is 10.1. The summed E-state index contributed by atoms with van der Waals surface area (Å²) in [5, 5.41) is 8.20. The lowest BCUT2D eigenvalue weighted by Crippen LogP contribution is -2.22. The topological polar surface area (TPSA) is 37.0 Å². The minimum absolute atomic E-state index is 0. The Balaban J connectivity index is 0.00000120. The zero-order valence-corrected chi connectivity index (χ0v) is 11.3. The fraction of sp³-hybridized carbons (Fsp3) is 0.357. The van der Waals surface area contributed by atoms with E-state index in [9.17, 15) is 0 Å². The molecule has 3 nitrogen and oxygen atoms in total. The Kier molecular flexibility index (Phi) is 4.04. The predicted octanol–water partition coefficient (Wildman–Crippen LogP) is 2.74. The van der Waals surface area contributed by atoms with Crippen molar-refractivity contribution in [3.63, 3.8) is 0 Å². The van der Waals surface area contributed by atoms with Crippen molar-refractivity contribution in [2.75, 3.05) is 18.4 Å². The molecule has 0 spiro atoms. The van der Waals surface area contributed by atoms with Crippen LogP contribution in [-0.2, 0) is 0 Å². The highest BCUT2D eigenvalue weighted by Gasteiger charge is 2.14. The molecule has 1 unspecified atom stereocenters. The van der Waals surface area contributed by atoms with Gasteiger partial charge in [0.2, 0.25) is 0 Å². The molecule has 1 fully saturated rings. The number of nitrogens with zero attached hydrogens (tertiary/aromatic N) is 1. The third-order valence-corrected chi connectivity index (χ3v) is 3.32. The van der Waals surface area contributed by atoms with Crippen LogP contribution in [0.25, 0.3) is 10.9 Å². The van der Waals surface area contributed by atoms with E-state index in [1.165, 1.54) is 23.1 Å². The van der Waals surface area contributed by atoms with E-state index in [1.54, 1.807) is 0 Å². The van der Waals surface area contributed by atoms with Crippen LogP contribution in [0.1, 0.15) is 12.0 Å². The molecule has 2 N–H and O–H groups in total. The minimum Gasteiger partial charge on any atom is -0.380 e. The van der Waals surface area contributed by atoms with Crippen LogP contribution in [-0.4, -0.2) is 24.1 Å². The first kappa shape index (κ1) is 13.1. The van der Waals surface area contributed by atoms with E-state index in [1.807, 2.05) is 6.20 Å². The van der Waals surface area contributed by atoms with Gasteiger partial charge in [0.05, 0.1) is 5.52 Å². The SMILES string of the molecule is Cc1ccc2nccc(NC3CCNC3)c2c1.Cl. The minimum atomic E-state index is 0. The molecule has 2 heterocycles. The zero-order valence-electron chi connectivity index (χ0n) is 10.4. The number of aryl methyl sites for hydroxylation is 1. The Labute approximate surface area is 113 Å². The van der Waals surface area contributed by atoms with Crippen LogP contribution in [0.15, 0.2) is 30.5 Å². The molecule has 96 valence electrons. The van der Waals surface area contributed by atoms with E-state index in [0.717, 1.165) is 18.6 Å². The molecular weight excluding hydrogens is 246 g/mol. The molecule has 3 rings (SSSR count). The van der Waals surface area contributed by atoms with Crippen molar-refractivity contribution in [3.05, 3.63) is 36.0 Å². The highest BCUT2D eigenvalue weighted by Crippen LogP contribution is 2.23. The van der Waals surface area contributed by atoms with Crippen molar-refractivity contribution >= 4 is 29.0 Å². The summed E-state index contributed by atoms with van der Waals surface area (Å²) in [5.74, 6) is 0. The summed E-state index contributed by atoms with van der Waals surface area (Å²) in [5.41, 5.74) is 3.54. The Morgan fingerprint density at radius 3 is 3.00 bits per heavy atom. The fourth-order valence-corrected chi connectivity index (χ4v) is 2.38. The van der Waals surface area contributed by atoms with E-state index < -0.39 is 0 Å². The number of aromatic nitrogens is 1. The molecule has 1 aromatic carbocycles. The van der Waals surface area contributed by atoms with Crippen molar-refractivity contribution in [1.82, 2.24) is 10.3 Å². The van der Waals surface area contributed by atoms with Gasteiger partial charge in [0.1, 0.15) is 0 Å². The largest absolute Gasteiger partial charge is 0.380 e. The van der Waals surface area contributed by atoms with Gasteiger partial charge in [-0.15, -0.1) is 12.4 Å². The van der Waals surface area contributed by atoms with E-state index in [2.05, 4.69) is 46.8 Å². The van der Waals surface area contributed by atoms with Gasteiger partial charge in [0.15, 0.2) is 0 Å². The molecule has 1 aliphatic heterocycles. The van der Waals surface area contributed by atoms with Gasteiger partial charge in [-0.1, -0.05) is 11.6 Å². The van der Waals surface area contributed by atoms with E-state index in [4.69, 9.17) is 0 Å². The average molecular weight is 264 g/mol. The molecule has 4 heteroatoms. The molecule has 0 aliphatic carbocycles. The van der Waals surface area contributed by atoms with Crippen LogP contribution in [0.3, 0.4) is 0 Å². The van der Waals surface area contributed by atoms with Crippen molar-refractivity contribution in [3.8, 4) is 0 Å². The third-order valence-electron chi connectivity index (χ3n) is 3.32. The number of anilines is 1. The quantitative estimate of drug-likeness (QED) is 0.875. The second-order valence-corrected chi connectivity index (χ2v) is 4.71. The molecular formula is C14H18ClN3. The van der Waals surface area contributed by atoms with Crippen LogP contribution in [0.2, 0.25) is 0 Å². The monoisotopic (exact) mass is 263 g/mol. The molecule has 1 saturated heterocycles. The van der Waals surface area contributed by atoms with Gasteiger partial charge in [-0.3, -0.25) is 4.98 Å². The Morgan fingerprint density at radius 2 is 2.22 bits per heavy atom. The van der Waals surface area contributed by atoms with Crippen molar-refractivity contribution in [2.24, 2.45) is 0 Å². The number of hydrogen-bond acceptors (Lipinski definition) is 3. The molecule has 1 atom stereocenters. The maximum atomic E-state index is 4.40. The number of pyridine rings is 1. The number of rotatable bonds is 2. The van der Waals surface area contributed by atoms with Crippen LogP contribution in [0.4, 0.5) is 5.69 Å². The van der Waals surface area contributed by atoms with Crippen LogP contribution in [0.5, 0.6) is 0 Å². The van der Waals surface area contributed by atoms with E-state index >= 15 is 0 Å². The molecule has 1 aromatic heterocycles. The first-order valence-electron chi connectivity index (χ1n) is 6.15. The summed E-state index contributed by atoms with van der Waals surface area (Å²) >= 11 is 0. The van der Waals surface area contributed by atoms with Gasteiger partial charge >= 0.3 is 0 Å². The Bertz CT molecular complexity index is 536. The van der Waals surface area contributed by atoms with Crippen molar-refractivity contribution in [1.29, 1.82) is 0 Å². The summed E-state index contributed by atoms with van der Waals surface area (Å²) in [6, 6.07) is 9.01. The maximum absolute atomic E-state index is 4.40. The van der Waals surface area contributed by atoms with Gasteiger partial charge in [0, 0.05) is 29.9 Å². The van der Waals surface area contributed by atoms with Gasteiger partial charge in [0.25, 0.3) is 0 Å². The Hall–Kier alpha value is -1.32. The van der Waals surface area contributed by atoms with Gasteiger partial charge in [-0.05, 0) is 38.1 Å². The molecule has 0 saturated carbocycles. The average Bonchev–Trinajstić information content (AvgIpc) is 2.83. The smallest absolute Gasteiger partial charge is 0.0722 e. The van der Waals surface area contributed by atoms with Crippen LogP contribution >= 0.6 is 12.4 Å². The first-order valence-corrected chi connectivity index (χ1v) is 6.15. The van der Waals surface area contributed by atoms with Crippen LogP contribution < -0.4 is 10.6 Å². The summed E-state index contributed by atoms with van der Waals surface area (Å²) in [6.45, 7) is 4.28. The van der Waals surface area contributed by atoms with Gasteiger partial charge < -0.3 is 10.6 Å².